The number of hydrogen-bond donors (Lipinski definition) is 1. The van der Waals surface area contributed by atoms with E-state index in [-0.39, 0.29) is 0 Å². The van der Waals surface area contributed by atoms with Crippen LogP contribution >= 0.6 is 15.9 Å². The van der Waals surface area contributed by atoms with Crippen molar-refractivity contribution in [2.45, 2.75) is 18.4 Å². The van der Waals surface area contributed by atoms with E-state index < -0.39 is 5.60 Å². The van der Waals surface area contributed by atoms with Crippen molar-refractivity contribution in [3.63, 3.8) is 0 Å². The number of halogens is 1. The summed E-state index contributed by atoms with van der Waals surface area (Å²) in [5.74, 6) is 0.609. The molecule has 3 heteroatoms. The molecule has 3 rings (SSSR count). The second kappa shape index (κ2) is 3.47. The summed E-state index contributed by atoms with van der Waals surface area (Å²) in [6, 6.07) is 9.80. The van der Waals surface area contributed by atoms with E-state index in [1.165, 1.54) is 5.56 Å². The van der Waals surface area contributed by atoms with Crippen molar-refractivity contribution >= 4 is 15.9 Å². The number of furan rings is 1. The van der Waals surface area contributed by atoms with Crippen LogP contribution in [0.1, 0.15) is 23.3 Å². The number of fused-ring (bicyclic) bond motifs is 1. The van der Waals surface area contributed by atoms with Gasteiger partial charge >= 0.3 is 0 Å². The Hall–Kier alpha value is -1.06. The van der Waals surface area contributed by atoms with Gasteiger partial charge in [0.25, 0.3) is 0 Å². The normalized spacial score (nSPS) is 23.4. The van der Waals surface area contributed by atoms with E-state index in [0.717, 1.165) is 16.5 Å². The molecule has 82 valence electrons. The Balaban J connectivity index is 2.19. The Morgan fingerprint density at radius 1 is 1.25 bits per heavy atom. The van der Waals surface area contributed by atoms with Crippen LogP contribution in [0.5, 0.6) is 0 Å². The minimum absolute atomic E-state index is 0.609. The minimum atomic E-state index is -0.973. The van der Waals surface area contributed by atoms with E-state index in [9.17, 15) is 5.11 Å². The second-order valence-corrected chi connectivity index (χ2v) is 4.97. The summed E-state index contributed by atoms with van der Waals surface area (Å²) in [7, 11) is 0. The van der Waals surface area contributed by atoms with Gasteiger partial charge in [0.2, 0.25) is 0 Å². The zero-order chi connectivity index (χ0) is 11.2. The van der Waals surface area contributed by atoms with Crippen LogP contribution in [-0.2, 0) is 12.0 Å². The van der Waals surface area contributed by atoms with Gasteiger partial charge in [0.1, 0.15) is 5.60 Å². The van der Waals surface area contributed by atoms with E-state index in [2.05, 4.69) is 22.0 Å². The lowest BCUT2D eigenvalue weighted by molar-refractivity contribution is 0.0578. The van der Waals surface area contributed by atoms with Gasteiger partial charge < -0.3 is 9.52 Å². The predicted octanol–water partition coefficient (Wildman–Crippen LogP) is 3.22. The fourth-order valence-electron chi connectivity index (χ4n) is 2.42. The predicted molar refractivity (Wildman–Crippen MR) is 64.2 cm³/mol. The number of benzene rings is 1. The molecule has 0 fully saturated rings. The fraction of sp³-hybridized carbons (Fsp3) is 0.231. The summed E-state index contributed by atoms with van der Waals surface area (Å²) in [4.78, 5) is 0. The van der Waals surface area contributed by atoms with Crippen molar-refractivity contribution < 1.29 is 9.52 Å². The molecule has 1 N–H and O–H groups in total. The molecule has 1 aliphatic rings. The van der Waals surface area contributed by atoms with E-state index in [1.807, 2.05) is 24.3 Å². The lowest BCUT2D eigenvalue weighted by atomic mass is 9.93. The molecule has 2 aromatic rings. The zero-order valence-electron chi connectivity index (χ0n) is 8.61. The SMILES string of the molecule is OC1(c2occc2Br)CCc2ccccc21. The molecule has 1 aromatic heterocycles. The summed E-state index contributed by atoms with van der Waals surface area (Å²) < 4.78 is 6.24. The third kappa shape index (κ3) is 1.28. The van der Waals surface area contributed by atoms with Gasteiger partial charge in [-0.1, -0.05) is 24.3 Å². The van der Waals surface area contributed by atoms with Crippen molar-refractivity contribution in [3.8, 4) is 0 Å². The number of aliphatic hydroxyl groups is 1. The van der Waals surface area contributed by atoms with Gasteiger partial charge in [-0.2, -0.15) is 0 Å². The number of aryl methyl sites for hydroxylation is 1. The molecular formula is C13H11BrO2. The van der Waals surface area contributed by atoms with Crippen molar-refractivity contribution in [1.29, 1.82) is 0 Å². The van der Waals surface area contributed by atoms with Crippen LogP contribution in [0.4, 0.5) is 0 Å². The van der Waals surface area contributed by atoms with Crippen molar-refractivity contribution in [2.24, 2.45) is 0 Å². The Labute approximate surface area is 102 Å². The molecule has 1 aromatic carbocycles. The highest BCUT2D eigenvalue weighted by Gasteiger charge is 2.41. The van der Waals surface area contributed by atoms with Crippen LogP contribution < -0.4 is 0 Å². The first-order valence-corrected chi connectivity index (χ1v) is 6.05. The Bertz CT molecular complexity index is 532. The molecule has 0 saturated carbocycles. The first-order chi connectivity index (χ1) is 7.72. The summed E-state index contributed by atoms with van der Waals surface area (Å²) in [6.45, 7) is 0. The van der Waals surface area contributed by atoms with Gasteiger partial charge in [0.05, 0.1) is 10.7 Å². The second-order valence-electron chi connectivity index (χ2n) is 4.12. The van der Waals surface area contributed by atoms with Crippen molar-refractivity contribution in [1.82, 2.24) is 0 Å². The molecule has 0 radical (unpaired) electrons. The summed E-state index contributed by atoms with van der Waals surface area (Å²) in [5.41, 5.74) is 1.19. The van der Waals surface area contributed by atoms with Crippen LogP contribution in [0.25, 0.3) is 0 Å². The molecular weight excluding hydrogens is 268 g/mol. The summed E-state index contributed by atoms with van der Waals surface area (Å²) in [5, 5.41) is 10.8. The van der Waals surface area contributed by atoms with Gasteiger partial charge in [-0.15, -0.1) is 0 Å². The highest BCUT2D eigenvalue weighted by atomic mass is 79.9. The number of rotatable bonds is 1. The maximum absolute atomic E-state index is 10.8. The molecule has 1 aliphatic carbocycles. The summed E-state index contributed by atoms with van der Waals surface area (Å²) >= 11 is 3.41. The minimum Gasteiger partial charge on any atom is -0.465 e. The maximum atomic E-state index is 10.8. The highest BCUT2D eigenvalue weighted by Crippen LogP contribution is 2.44. The largest absolute Gasteiger partial charge is 0.465 e. The van der Waals surface area contributed by atoms with Crippen LogP contribution in [0.3, 0.4) is 0 Å². The molecule has 0 bridgehead atoms. The monoisotopic (exact) mass is 278 g/mol. The van der Waals surface area contributed by atoms with Gasteiger partial charge in [-0.05, 0) is 46.0 Å². The number of hydrogen-bond acceptors (Lipinski definition) is 2. The first kappa shape index (κ1) is 10.1. The van der Waals surface area contributed by atoms with E-state index in [4.69, 9.17) is 4.42 Å². The molecule has 1 atom stereocenters. The Morgan fingerprint density at radius 3 is 2.81 bits per heavy atom. The Kier molecular flexibility index (Phi) is 2.19. The fourth-order valence-corrected chi connectivity index (χ4v) is 2.95. The molecule has 0 saturated heterocycles. The van der Waals surface area contributed by atoms with Crippen LogP contribution in [-0.4, -0.2) is 5.11 Å². The quantitative estimate of drug-likeness (QED) is 0.869. The molecule has 16 heavy (non-hydrogen) atoms. The van der Waals surface area contributed by atoms with Crippen LogP contribution in [0, 0.1) is 0 Å². The Morgan fingerprint density at radius 2 is 2.06 bits per heavy atom. The van der Waals surface area contributed by atoms with E-state index in [1.54, 1.807) is 6.26 Å². The molecule has 1 unspecified atom stereocenters. The molecule has 0 spiro atoms. The topological polar surface area (TPSA) is 33.4 Å². The lowest BCUT2D eigenvalue weighted by Crippen LogP contribution is -2.23. The van der Waals surface area contributed by atoms with Gasteiger partial charge in [-0.3, -0.25) is 0 Å². The zero-order valence-corrected chi connectivity index (χ0v) is 10.2. The average molecular weight is 279 g/mol. The highest BCUT2D eigenvalue weighted by molar-refractivity contribution is 9.10. The van der Waals surface area contributed by atoms with Gasteiger partial charge in [0.15, 0.2) is 5.76 Å². The standard InChI is InChI=1S/C13H11BrO2/c14-11-6-8-16-12(11)13(15)7-5-9-3-1-2-4-10(9)13/h1-4,6,8,15H,5,7H2. The smallest absolute Gasteiger partial charge is 0.154 e. The van der Waals surface area contributed by atoms with Gasteiger partial charge in [-0.25, -0.2) is 0 Å². The van der Waals surface area contributed by atoms with Crippen molar-refractivity contribution in [2.75, 3.05) is 0 Å². The third-order valence-corrected chi connectivity index (χ3v) is 3.84. The van der Waals surface area contributed by atoms with E-state index >= 15 is 0 Å². The maximum Gasteiger partial charge on any atom is 0.154 e. The molecule has 1 heterocycles. The van der Waals surface area contributed by atoms with Gasteiger partial charge in [0, 0.05) is 0 Å². The summed E-state index contributed by atoms with van der Waals surface area (Å²) in [6.07, 6.45) is 3.16. The molecule has 0 amide bonds. The average Bonchev–Trinajstić information content (AvgIpc) is 2.86. The molecule has 0 aliphatic heterocycles. The first-order valence-electron chi connectivity index (χ1n) is 5.26. The van der Waals surface area contributed by atoms with E-state index in [0.29, 0.717) is 12.2 Å². The lowest BCUT2D eigenvalue weighted by Gasteiger charge is -2.21. The van der Waals surface area contributed by atoms with Crippen LogP contribution in [0.15, 0.2) is 45.5 Å². The molecule has 2 nitrogen and oxygen atoms in total. The van der Waals surface area contributed by atoms with Crippen molar-refractivity contribution in [3.05, 3.63) is 58.0 Å². The third-order valence-electron chi connectivity index (χ3n) is 3.21. The van der Waals surface area contributed by atoms with Crippen LogP contribution in [0.2, 0.25) is 0 Å².